The van der Waals surface area contributed by atoms with Gasteiger partial charge in [-0.1, -0.05) is 24.3 Å². The topological polar surface area (TPSA) is 94.0 Å². The van der Waals surface area contributed by atoms with Gasteiger partial charge in [-0.3, -0.25) is 4.79 Å². The van der Waals surface area contributed by atoms with Crippen molar-refractivity contribution in [2.45, 2.75) is 19.0 Å². The van der Waals surface area contributed by atoms with Gasteiger partial charge in [0.1, 0.15) is 11.6 Å². The number of amides is 1. The summed E-state index contributed by atoms with van der Waals surface area (Å²) in [5, 5.41) is 2.69. The first-order valence-corrected chi connectivity index (χ1v) is 6.53. The van der Waals surface area contributed by atoms with E-state index in [-0.39, 0.29) is 18.1 Å². The molecule has 0 saturated heterocycles. The number of carbonyl (C=O) groups excluding carboxylic acids is 1. The van der Waals surface area contributed by atoms with Crippen LogP contribution in [0.1, 0.15) is 11.1 Å². The number of hydrogen-bond donors (Lipinski definition) is 3. The fourth-order valence-corrected chi connectivity index (χ4v) is 1.85. The predicted molar refractivity (Wildman–Crippen MR) is 78.6 cm³/mol. The molecule has 1 aromatic heterocycles. The Labute approximate surface area is 122 Å². The van der Waals surface area contributed by atoms with Crippen LogP contribution < -0.4 is 16.8 Å². The zero-order chi connectivity index (χ0) is 15.2. The van der Waals surface area contributed by atoms with E-state index in [1.807, 2.05) is 0 Å². The summed E-state index contributed by atoms with van der Waals surface area (Å²) in [4.78, 5) is 15.8. The van der Waals surface area contributed by atoms with Crippen LogP contribution in [-0.4, -0.2) is 16.9 Å². The van der Waals surface area contributed by atoms with E-state index in [4.69, 9.17) is 11.5 Å². The Morgan fingerprint density at radius 1 is 1.29 bits per heavy atom. The molecule has 0 aliphatic heterocycles. The van der Waals surface area contributed by atoms with Crippen LogP contribution in [0.2, 0.25) is 0 Å². The molecule has 21 heavy (non-hydrogen) atoms. The van der Waals surface area contributed by atoms with Gasteiger partial charge in [-0.15, -0.1) is 0 Å². The Balaban J connectivity index is 1.88. The average molecular weight is 288 g/mol. The van der Waals surface area contributed by atoms with E-state index in [9.17, 15) is 9.18 Å². The molecule has 1 heterocycles. The van der Waals surface area contributed by atoms with Gasteiger partial charge < -0.3 is 16.8 Å². The van der Waals surface area contributed by atoms with Gasteiger partial charge in [0, 0.05) is 12.7 Å². The lowest BCUT2D eigenvalue weighted by Crippen LogP contribution is -2.41. The van der Waals surface area contributed by atoms with E-state index in [2.05, 4.69) is 10.3 Å². The van der Waals surface area contributed by atoms with Gasteiger partial charge in [0.05, 0.1) is 6.04 Å². The number of aromatic nitrogens is 1. The lowest BCUT2D eigenvalue weighted by Gasteiger charge is -2.12. The highest BCUT2D eigenvalue weighted by Gasteiger charge is 2.15. The highest BCUT2D eigenvalue weighted by Crippen LogP contribution is 2.08. The summed E-state index contributed by atoms with van der Waals surface area (Å²) in [5.74, 6) is -0.278. The summed E-state index contributed by atoms with van der Waals surface area (Å²) in [7, 11) is 0. The van der Waals surface area contributed by atoms with Crippen molar-refractivity contribution in [1.82, 2.24) is 10.3 Å². The zero-order valence-corrected chi connectivity index (χ0v) is 11.4. The minimum absolute atomic E-state index is 0.151. The first kappa shape index (κ1) is 14.9. The largest absolute Gasteiger partial charge is 0.384 e. The molecule has 110 valence electrons. The van der Waals surface area contributed by atoms with Crippen molar-refractivity contribution in [3.8, 4) is 0 Å². The Bertz CT molecular complexity index is 615. The van der Waals surface area contributed by atoms with Crippen molar-refractivity contribution in [2.75, 3.05) is 5.73 Å². The second-order valence-corrected chi connectivity index (χ2v) is 4.71. The van der Waals surface area contributed by atoms with Crippen molar-refractivity contribution in [2.24, 2.45) is 5.73 Å². The van der Waals surface area contributed by atoms with Crippen LogP contribution >= 0.6 is 0 Å². The number of halogens is 1. The van der Waals surface area contributed by atoms with Gasteiger partial charge in [0.25, 0.3) is 0 Å². The van der Waals surface area contributed by atoms with E-state index in [0.717, 1.165) is 5.56 Å². The smallest absolute Gasteiger partial charge is 0.237 e. The summed E-state index contributed by atoms with van der Waals surface area (Å²) in [6, 6.07) is 8.89. The molecule has 1 amide bonds. The number of rotatable bonds is 5. The van der Waals surface area contributed by atoms with Crippen LogP contribution in [0.4, 0.5) is 10.2 Å². The fourth-order valence-electron chi connectivity index (χ4n) is 1.85. The van der Waals surface area contributed by atoms with Crippen LogP contribution in [0.5, 0.6) is 0 Å². The Morgan fingerprint density at radius 3 is 2.71 bits per heavy atom. The van der Waals surface area contributed by atoms with Crippen LogP contribution in [0.25, 0.3) is 0 Å². The third kappa shape index (κ3) is 4.25. The van der Waals surface area contributed by atoms with Gasteiger partial charge in [-0.05, 0) is 29.7 Å². The van der Waals surface area contributed by atoms with Gasteiger partial charge in [-0.2, -0.15) is 0 Å². The van der Waals surface area contributed by atoms with Crippen LogP contribution in [0, 0.1) is 5.82 Å². The second-order valence-electron chi connectivity index (χ2n) is 4.71. The predicted octanol–water partition coefficient (Wildman–Crippen LogP) is 0.989. The lowest BCUT2D eigenvalue weighted by molar-refractivity contribution is -0.122. The van der Waals surface area contributed by atoms with Gasteiger partial charge in [0.15, 0.2) is 0 Å². The first-order valence-electron chi connectivity index (χ1n) is 6.53. The first-order chi connectivity index (χ1) is 10.1. The number of benzene rings is 1. The van der Waals surface area contributed by atoms with Crippen LogP contribution in [0.15, 0.2) is 42.6 Å². The molecule has 1 atom stereocenters. The van der Waals surface area contributed by atoms with E-state index in [0.29, 0.717) is 17.9 Å². The SMILES string of the molecule is Nc1ccc(CNC(=O)[C@@H](N)Cc2ccccc2F)cn1. The van der Waals surface area contributed by atoms with Gasteiger partial charge in [0.2, 0.25) is 5.91 Å². The second kappa shape index (κ2) is 6.81. The summed E-state index contributed by atoms with van der Waals surface area (Å²) in [5.41, 5.74) is 12.5. The molecule has 5 nitrogen and oxygen atoms in total. The number of nitrogens with zero attached hydrogens (tertiary/aromatic N) is 1. The number of hydrogen-bond acceptors (Lipinski definition) is 4. The molecule has 2 rings (SSSR count). The molecule has 0 aliphatic carbocycles. The molecule has 0 saturated carbocycles. The minimum atomic E-state index is -0.802. The van der Waals surface area contributed by atoms with Crippen LogP contribution in [0.3, 0.4) is 0 Å². The number of nitrogens with one attached hydrogen (secondary N) is 1. The third-order valence-electron chi connectivity index (χ3n) is 3.05. The number of pyridine rings is 1. The zero-order valence-electron chi connectivity index (χ0n) is 11.4. The summed E-state index contributed by atoms with van der Waals surface area (Å²) in [6.07, 6.45) is 1.73. The average Bonchev–Trinajstić information content (AvgIpc) is 2.48. The maximum Gasteiger partial charge on any atom is 0.237 e. The maximum absolute atomic E-state index is 13.5. The van der Waals surface area contributed by atoms with Crippen molar-refractivity contribution in [3.63, 3.8) is 0 Å². The molecule has 2 aromatic rings. The number of nitrogens with two attached hydrogens (primary N) is 2. The summed E-state index contributed by atoms with van der Waals surface area (Å²) in [6.45, 7) is 0.303. The molecule has 0 bridgehead atoms. The lowest BCUT2D eigenvalue weighted by atomic mass is 10.1. The van der Waals surface area contributed by atoms with E-state index in [1.54, 1.807) is 36.5 Å². The highest BCUT2D eigenvalue weighted by molar-refractivity contribution is 5.81. The highest BCUT2D eigenvalue weighted by atomic mass is 19.1. The van der Waals surface area contributed by atoms with E-state index in [1.165, 1.54) is 6.07 Å². The number of nitrogen functional groups attached to an aromatic ring is 1. The Kier molecular flexibility index (Phi) is 4.84. The molecular formula is C15H17FN4O. The molecule has 0 unspecified atom stereocenters. The molecule has 6 heteroatoms. The number of anilines is 1. The summed E-state index contributed by atoms with van der Waals surface area (Å²) >= 11 is 0. The van der Waals surface area contributed by atoms with Crippen molar-refractivity contribution in [3.05, 3.63) is 59.5 Å². The number of carbonyl (C=O) groups is 1. The molecule has 0 spiro atoms. The fraction of sp³-hybridized carbons (Fsp3) is 0.200. The van der Waals surface area contributed by atoms with Crippen LogP contribution in [-0.2, 0) is 17.8 Å². The molecule has 1 aromatic carbocycles. The molecule has 0 aliphatic rings. The van der Waals surface area contributed by atoms with Crippen molar-refractivity contribution >= 4 is 11.7 Å². The maximum atomic E-state index is 13.5. The Morgan fingerprint density at radius 2 is 2.05 bits per heavy atom. The Hall–Kier alpha value is -2.47. The van der Waals surface area contributed by atoms with E-state index < -0.39 is 6.04 Å². The van der Waals surface area contributed by atoms with Gasteiger partial charge >= 0.3 is 0 Å². The quantitative estimate of drug-likeness (QED) is 0.764. The molecule has 0 fully saturated rings. The standard InChI is InChI=1S/C15H17FN4O/c16-12-4-2-1-3-11(12)7-13(17)15(21)20-9-10-5-6-14(18)19-8-10/h1-6,8,13H,7,9,17H2,(H2,18,19)(H,20,21)/t13-/m0/s1. The summed E-state index contributed by atoms with van der Waals surface area (Å²) < 4.78 is 13.5. The molecule has 5 N–H and O–H groups in total. The molecule has 0 radical (unpaired) electrons. The van der Waals surface area contributed by atoms with E-state index >= 15 is 0 Å². The minimum Gasteiger partial charge on any atom is -0.384 e. The van der Waals surface area contributed by atoms with Crippen molar-refractivity contribution < 1.29 is 9.18 Å². The monoisotopic (exact) mass is 288 g/mol. The van der Waals surface area contributed by atoms with Gasteiger partial charge in [-0.25, -0.2) is 9.37 Å². The molecular weight excluding hydrogens is 271 g/mol. The van der Waals surface area contributed by atoms with Crippen molar-refractivity contribution in [1.29, 1.82) is 0 Å². The normalized spacial score (nSPS) is 11.9. The third-order valence-corrected chi connectivity index (χ3v) is 3.05.